The number of hydrogen-bond donors (Lipinski definition) is 0. The first-order chi connectivity index (χ1) is 21.0. The Morgan fingerprint density at radius 2 is 1.33 bits per heavy atom. The number of rotatable bonds is 11. The molecule has 0 bridgehead atoms. The van der Waals surface area contributed by atoms with Crippen molar-refractivity contribution >= 4 is 0 Å². The van der Waals surface area contributed by atoms with Gasteiger partial charge in [-0.1, -0.05) is 74.7 Å². The number of ether oxygens (including phenoxy) is 1. The molecule has 0 radical (unpaired) electrons. The van der Waals surface area contributed by atoms with Crippen LogP contribution in [0.15, 0.2) is 66.7 Å². The molecular formula is C39H47F3O. The Balaban J connectivity index is 1.18. The number of hydrogen-bond acceptors (Lipinski definition) is 1. The maximum atomic E-state index is 15.4. The summed E-state index contributed by atoms with van der Waals surface area (Å²) in [6, 6.07) is 15.7. The molecule has 2 aliphatic rings. The van der Waals surface area contributed by atoms with E-state index in [1.54, 1.807) is 36.4 Å². The van der Waals surface area contributed by atoms with Crippen molar-refractivity contribution in [2.24, 2.45) is 17.8 Å². The van der Waals surface area contributed by atoms with Crippen molar-refractivity contribution in [2.75, 3.05) is 6.61 Å². The highest BCUT2D eigenvalue weighted by molar-refractivity contribution is 5.71. The Bertz CT molecular complexity index is 1350. The molecule has 3 aromatic rings. The van der Waals surface area contributed by atoms with Gasteiger partial charge in [0, 0.05) is 11.1 Å². The molecule has 0 atom stereocenters. The molecule has 2 fully saturated rings. The highest BCUT2D eigenvalue weighted by Gasteiger charge is 2.31. The third-order valence-corrected chi connectivity index (χ3v) is 9.99. The molecule has 3 aromatic carbocycles. The lowest BCUT2D eigenvalue weighted by Gasteiger charge is -2.37. The summed E-state index contributed by atoms with van der Waals surface area (Å²) in [5.74, 6) is 0.696. The van der Waals surface area contributed by atoms with E-state index in [0.717, 1.165) is 67.4 Å². The van der Waals surface area contributed by atoms with Crippen LogP contribution < -0.4 is 4.74 Å². The van der Waals surface area contributed by atoms with E-state index < -0.39 is 11.6 Å². The van der Waals surface area contributed by atoms with E-state index in [0.29, 0.717) is 23.7 Å². The molecule has 0 aliphatic heterocycles. The second-order valence-electron chi connectivity index (χ2n) is 12.8. The largest absolute Gasteiger partial charge is 0.490 e. The lowest BCUT2D eigenvalue weighted by atomic mass is 9.68. The minimum absolute atomic E-state index is 0.0581. The topological polar surface area (TPSA) is 9.23 Å². The first-order valence-corrected chi connectivity index (χ1v) is 16.6. The van der Waals surface area contributed by atoms with Crippen LogP contribution in [0.25, 0.3) is 22.3 Å². The van der Waals surface area contributed by atoms with Gasteiger partial charge in [-0.2, -0.15) is 4.39 Å². The number of halogens is 3. The molecule has 0 N–H and O–H groups in total. The zero-order valence-electron chi connectivity index (χ0n) is 25.9. The lowest BCUT2D eigenvalue weighted by molar-refractivity contribution is 0.171. The van der Waals surface area contributed by atoms with E-state index >= 15 is 4.39 Å². The van der Waals surface area contributed by atoms with Gasteiger partial charge in [-0.25, -0.2) is 8.78 Å². The molecule has 43 heavy (non-hydrogen) atoms. The van der Waals surface area contributed by atoms with Gasteiger partial charge < -0.3 is 4.74 Å². The van der Waals surface area contributed by atoms with Crippen LogP contribution in [0, 0.1) is 35.2 Å². The van der Waals surface area contributed by atoms with Crippen molar-refractivity contribution in [3.05, 3.63) is 89.8 Å². The van der Waals surface area contributed by atoms with Gasteiger partial charge in [-0.15, -0.1) is 0 Å². The Morgan fingerprint density at radius 3 is 1.95 bits per heavy atom. The molecule has 4 heteroatoms. The highest BCUT2D eigenvalue weighted by Crippen LogP contribution is 2.44. The maximum absolute atomic E-state index is 15.4. The summed E-state index contributed by atoms with van der Waals surface area (Å²) in [5.41, 5.74) is 3.05. The first-order valence-electron chi connectivity index (χ1n) is 16.6. The SMILES string of the molecule is CC=CC1CCC(C2CCC(c3ccc(-c4ccc(-c5ccc(OCCCCCC)c(F)c5F)cc4)c(F)c3)CC2)CC1. The van der Waals surface area contributed by atoms with E-state index in [-0.39, 0.29) is 17.1 Å². The summed E-state index contributed by atoms with van der Waals surface area (Å²) in [5, 5.41) is 0. The zero-order chi connectivity index (χ0) is 30.2. The van der Waals surface area contributed by atoms with E-state index in [1.807, 2.05) is 6.07 Å². The molecule has 2 saturated carbocycles. The molecule has 0 unspecified atom stereocenters. The Morgan fingerprint density at radius 1 is 0.698 bits per heavy atom. The molecule has 0 amide bonds. The van der Waals surface area contributed by atoms with Crippen LogP contribution in [0.5, 0.6) is 5.75 Å². The maximum Gasteiger partial charge on any atom is 0.201 e. The lowest BCUT2D eigenvalue weighted by Crippen LogP contribution is -2.25. The molecule has 0 saturated heterocycles. The average molecular weight is 589 g/mol. The summed E-state index contributed by atoms with van der Waals surface area (Å²) in [6.45, 7) is 4.61. The summed E-state index contributed by atoms with van der Waals surface area (Å²) in [4.78, 5) is 0. The monoisotopic (exact) mass is 588 g/mol. The summed E-state index contributed by atoms with van der Waals surface area (Å²) < 4.78 is 50.5. The summed E-state index contributed by atoms with van der Waals surface area (Å²) >= 11 is 0. The number of benzene rings is 3. The second kappa shape index (κ2) is 15.1. The molecule has 0 spiro atoms. The van der Waals surface area contributed by atoms with Crippen molar-refractivity contribution in [2.45, 2.75) is 96.8 Å². The van der Waals surface area contributed by atoms with Gasteiger partial charge in [0.1, 0.15) is 5.82 Å². The van der Waals surface area contributed by atoms with Crippen molar-refractivity contribution < 1.29 is 17.9 Å². The predicted octanol–water partition coefficient (Wildman–Crippen LogP) is 12.1. The second-order valence-corrected chi connectivity index (χ2v) is 12.8. The fourth-order valence-corrected chi connectivity index (χ4v) is 7.43. The van der Waals surface area contributed by atoms with Gasteiger partial charge in [0.2, 0.25) is 5.82 Å². The molecule has 0 heterocycles. The van der Waals surface area contributed by atoms with Crippen molar-refractivity contribution in [3.8, 4) is 28.0 Å². The summed E-state index contributed by atoms with van der Waals surface area (Å²) in [7, 11) is 0. The molecule has 0 aromatic heterocycles. The fourth-order valence-electron chi connectivity index (χ4n) is 7.43. The van der Waals surface area contributed by atoms with Crippen LogP contribution in [0.3, 0.4) is 0 Å². The Kier molecular flexibility index (Phi) is 11.1. The van der Waals surface area contributed by atoms with Crippen LogP contribution in [0.2, 0.25) is 0 Å². The van der Waals surface area contributed by atoms with Gasteiger partial charge in [0.15, 0.2) is 11.6 Å². The van der Waals surface area contributed by atoms with Crippen LogP contribution >= 0.6 is 0 Å². The van der Waals surface area contributed by atoms with Crippen LogP contribution in [-0.4, -0.2) is 6.61 Å². The normalized spacial score (nSPS) is 22.6. The van der Waals surface area contributed by atoms with Crippen molar-refractivity contribution in [1.29, 1.82) is 0 Å². The van der Waals surface area contributed by atoms with Crippen LogP contribution in [-0.2, 0) is 0 Å². The van der Waals surface area contributed by atoms with Crippen LogP contribution in [0.1, 0.15) is 102 Å². The third kappa shape index (κ3) is 7.75. The minimum Gasteiger partial charge on any atom is -0.490 e. The predicted molar refractivity (Wildman–Crippen MR) is 172 cm³/mol. The minimum atomic E-state index is -0.968. The van der Waals surface area contributed by atoms with Gasteiger partial charge in [-0.3, -0.25) is 0 Å². The Hall–Kier alpha value is -3.01. The molecule has 230 valence electrons. The molecule has 2 aliphatic carbocycles. The number of unbranched alkanes of at least 4 members (excludes halogenated alkanes) is 3. The molecule has 1 nitrogen and oxygen atoms in total. The van der Waals surface area contributed by atoms with E-state index in [1.165, 1.54) is 44.6 Å². The van der Waals surface area contributed by atoms with E-state index in [9.17, 15) is 8.78 Å². The smallest absolute Gasteiger partial charge is 0.201 e. The summed E-state index contributed by atoms with van der Waals surface area (Å²) in [6.07, 6.45) is 18.7. The van der Waals surface area contributed by atoms with Crippen molar-refractivity contribution in [3.63, 3.8) is 0 Å². The van der Waals surface area contributed by atoms with E-state index in [4.69, 9.17) is 4.74 Å². The highest BCUT2D eigenvalue weighted by atomic mass is 19.2. The first kappa shape index (κ1) is 31.4. The van der Waals surface area contributed by atoms with Crippen LogP contribution in [0.4, 0.5) is 13.2 Å². The standard InChI is InChI=1S/C39H47F3O/c1-3-5-6-7-25-43-37-24-23-35(38(41)39(37)42)32-19-17-31(18-20-32)34-22-21-33(26-36(34)40)30-15-13-29(14-16-30)28-11-9-27(8-4-2)10-12-28/h4,8,17-24,26-30H,3,5-7,9-16,25H2,1-2H3. The molecular weight excluding hydrogens is 541 g/mol. The number of allylic oxidation sites excluding steroid dienone is 2. The van der Waals surface area contributed by atoms with Crippen molar-refractivity contribution in [1.82, 2.24) is 0 Å². The Labute approximate surface area is 256 Å². The zero-order valence-corrected chi connectivity index (χ0v) is 25.9. The quantitative estimate of drug-likeness (QED) is 0.160. The van der Waals surface area contributed by atoms with Gasteiger partial charge >= 0.3 is 0 Å². The van der Waals surface area contributed by atoms with Gasteiger partial charge in [0.25, 0.3) is 0 Å². The van der Waals surface area contributed by atoms with E-state index in [2.05, 4.69) is 32.1 Å². The van der Waals surface area contributed by atoms with Gasteiger partial charge in [0.05, 0.1) is 6.61 Å². The fraction of sp³-hybridized carbons (Fsp3) is 0.487. The average Bonchev–Trinajstić information content (AvgIpc) is 3.04. The molecule has 5 rings (SSSR count). The third-order valence-electron chi connectivity index (χ3n) is 9.99. The van der Waals surface area contributed by atoms with Gasteiger partial charge in [-0.05, 0) is 123 Å².